The van der Waals surface area contributed by atoms with Crippen LogP contribution in [0, 0.1) is 13.8 Å². The summed E-state index contributed by atoms with van der Waals surface area (Å²) >= 11 is 3.51. The molecule has 1 aromatic carbocycles. The van der Waals surface area contributed by atoms with E-state index < -0.39 is 0 Å². The zero-order chi connectivity index (χ0) is 13.7. The van der Waals surface area contributed by atoms with E-state index in [1.807, 2.05) is 39.8 Å². The van der Waals surface area contributed by atoms with E-state index >= 15 is 0 Å². The first-order valence-electron chi connectivity index (χ1n) is 6.16. The van der Waals surface area contributed by atoms with Crippen molar-refractivity contribution in [2.75, 3.05) is 19.7 Å². The van der Waals surface area contributed by atoms with Gasteiger partial charge in [-0.3, -0.25) is 4.79 Å². The van der Waals surface area contributed by atoms with Crippen molar-refractivity contribution in [2.45, 2.75) is 27.7 Å². The molecule has 0 radical (unpaired) electrons. The molecule has 0 saturated carbocycles. The minimum absolute atomic E-state index is 0.0261. The fourth-order valence-corrected chi connectivity index (χ4v) is 2.03. The van der Waals surface area contributed by atoms with Gasteiger partial charge in [0.25, 0.3) is 5.91 Å². The lowest BCUT2D eigenvalue weighted by molar-refractivity contribution is -0.132. The van der Waals surface area contributed by atoms with E-state index in [-0.39, 0.29) is 12.5 Å². The van der Waals surface area contributed by atoms with Crippen molar-refractivity contribution in [3.05, 3.63) is 27.7 Å². The van der Waals surface area contributed by atoms with Crippen LogP contribution < -0.4 is 4.74 Å². The van der Waals surface area contributed by atoms with Crippen LogP contribution in [0.1, 0.15) is 25.0 Å². The first kappa shape index (κ1) is 15.0. The van der Waals surface area contributed by atoms with Crippen molar-refractivity contribution in [1.82, 2.24) is 4.90 Å². The maximum absolute atomic E-state index is 11.8. The Morgan fingerprint density at radius 2 is 1.72 bits per heavy atom. The number of likely N-dealkylation sites (N-methyl/N-ethyl adjacent to an activating group) is 1. The maximum atomic E-state index is 11.8. The van der Waals surface area contributed by atoms with Crippen LogP contribution in [0.4, 0.5) is 0 Å². The molecule has 1 rings (SSSR count). The van der Waals surface area contributed by atoms with Crippen LogP contribution in [0.3, 0.4) is 0 Å². The van der Waals surface area contributed by atoms with Crippen molar-refractivity contribution in [2.24, 2.45) is 0 Å². The molecule has 0 unspecified atom stereocenters. The van der Waals surface area contributed by atoms with Crippen LogP contribution in [-0.4, -0.2) is 30.5 Å². The molecule has 0 aliphatic rings. The highest BCUT2D eigenvalue weighted by atomic mass is 79.9. The van der Waals surface area contributed by atoms with E-state index in [4.69, 9.17) is 4.74 Å². The summed E-state index contributed by atoms with van der Waals surface area (Å²) in [4.78, 5) is 13.6. The third kappa shape index (κ3) is 3.73. The molecule has 0 fully saturated rings. The van der Waals surface area contributed by atoms with E-state index in [1.165, 1.54) is 0 Å². The minimum atomic E-state index is 0.0261. The van der Waals surface area contributed by atoms with Crippen molar-refractivity contribution >= 4 is 21.8 Å². The summed E-state index contributed by atoms with van der Waals surface area (Å²) in [7, 11) is 0. The van der Waals surface area contributed by atoms with E-state index in [0.29, 0.717) is 0 Å². The van der Waals surface area contributed by atoms with Gasteiger partial charge in [-0.2, -0.15) is 0 Å². The largest absolute Gasteiger partial charge is 0.484 e. The topological polar surface area (TPSA) is 29.5 Å². The molecule has 0 spiro atoms. The molecule has 18 heavy (non-hydrogen) atoms. The zero-order valence-corrected chi connectivity index (χ0v) is 13.0. The molecule has 0 saturated heterocycles. The first-order chi connectivity index (χ1) is 8.49. The normalized spacial score (nSPS) is 10.3. The molecule has 4 heteroatoms. The van der Waals surface area contributed by atoms with Gasteiger partial charge in [0.05, 0.1) is 0 Å². The quantitative estimate of drug-likeness (QED) is 0.834. The van der Waals surface area contributed by atoms with Gasteiger partial charge in [0.15, 0.2) is 6.61 Å². The van der Waals surface area contributed by atoms with E-state index in [1.54, 1.807) is 4.90 Å². The number of benzene rings is 1. The lowest BCUT2D eigenvalue weighted by Crippen LogP contribution is -2.34. The van der Waals surface area contributed by atoms with Crippen molar-refractivity contribution in [3.63, 3.8) is 0 Å². The number of ether oxygens (including phenoxy) is 1. The van der Waals surface area contributed by atoms with Crippen LogP contribution in [-0.2, 0) is 4.79 Å². The highest BCUT2D eigenvalue weighted by Crippen LogP contribution is 2.26. The summed E-state index contributed by atoms with van der Waals surface area (Å²) < 4.78 is 6.64. The second-order valence-corrected chi connectivity index (χ2v) is 5.02. The fraction of sp³-hybridized carbons (Fsp3) is 0.500. The number of amides is 1. The minimum Gasteiger partial charge on any atom is -0.484 e. The summed E-state index contributed by atoms with van der Waals surface area (Å²) in [5.74, 6) is 0.770. The number of carbonyl (C=O) groups is 1. The van der Waals surface area contributed by atoms with Gasteiger partial charge in [-0.1, -0.05) is 15.9 Å². The fourth-order valence-electron chi connectivity index (χ4n) is 1.80. The molecule has 0 heterocycles. The summed E-state index contributed by atoms with van der Waals surface area (Å²) in [6.07, 6.45) is 0. The highest BCUT2D eigenvalue weighted by Gasteiger charge is 2.11. The molecule has 0 aliphatic carbocycles. The molecule has 1 amide bonds. The third-order valence-corrected chi connectivity index (χ3v) is 4.14. The summed E-state index contributed by atoms with van der Waals surface area (Å²) in [6, 6.07) is 3.87. The Balaban J connectivity index is 2.67. The average molecular weight is 314 g/mol. The SMILES string of the molecule is CCN(CC)C(=O)COc1cc(C)c(Br)c(C)c1. The van der Waals surface area contributed by atoms with Crippen molar-refractivity contribution in [1.29, 1.82) is 0 Å². The van der Waals surface area contributed by atoms with Gasteiger partial charge in [0, 0.05) is 17.6 Å². The average Bonchev–Trinajstić information content (AvgIpc) is 2.34. The first-order valence-corrected chi connectivity index (χ1v) is 6.96. The number of hydrogen-bond donors (Lipinski definition) is 0. The Hall–Kier alpha value is -1.03. The number of nitrogens with zero attached hydrogens (tertiary/aromatic N) is 1. The lowest BCUT2D eigenvalue weighted by atomic mass is 10.1. The van der Waals surface area contributed by atoms with Gasteiger partial charge in [-0.05, 0) is 51.0 Å². The Morgan fingerprint density at radius 3 is 2.17 bits per heavy atom. The molecule has 0 aromatic heterocycles. The molecule has 3 nitrogen and oxygen atoms in total. The Labute approximate surface area is 117 Å². The van der Waals surface area contributed by atoms with Gasteiger partial charge in [0.1, 0.15) is 5.75 Å². The van der Waals surface area contributed by atoms with E-state index in [2.05, 4.69) is 15.9 Å². The van der Waals surface area contributed by atoms with Gasteiger partial charge in [-0.25, -0.2) is 0 Å². The second kappa shape index (κ2) is 6.78. The van der Waals surface area contributed by atoms with E-state index in [0.717, 1.165) is 34.4 Å². The maximum Gasteiger partial charge on any atom is 0.260 e. The number of hydrogen-bond acceptors (Lipinski definition) is 2. The third-order valence-electron chi connectivity index (χ3n) is 2.89. The zero-order valence-electron chi connectivity index (χ0n) is 11.4. The number of rotatable bonds is 5. The summed E-state index contributed by atoms with van der Waals surface area (Å²) in [6.45, 7) is 9.49. The van der Waals surface area contributed by atoms with Gasteiger partial charge in [-0.15, -0.1) is 0 Å². The molecule has 0 N–H and O–H groups in total. The second-order valence-electron chi connectivity index (χ2n) is 4.23. The Morgan fingerprint density at radius 1 is 1.22 bits per heavy atom. The lowest BCUT2D eigenvalue weighted by Gasteiger charge is -2.19. The van der Waals surface area contributed by atoms with Crippen LogP contribution in [0.2, 0.25) is 0 Å². The molecule has 0 atom stereocenters. The van der Waals surface area contributed by atoms with Gasteiger partial charge >= 0.3 is 0 Å². The van der Waals surface area contributed by atoms with Crippen LogP contribution in [0.15, 0.2) is 16.6 Å². The van der Waals surface area contributed by atoms with Crippen molar-refractivity contribution < 1.29 is 9.53 Å². The van der Waals surface area contributed by atoms with Crippen LogP contribution >= 0.6 is 15.9 Å². The smallest absolute Gasteiger partial charge is 0.260 e. The summed E-state index contributed by atoms with van der Waals surface area (Å²) in [5.41, 5.74) is 2.22. The predicted octanol–water partition coefficient (Wildman–Crippen LogP) is 3.31. The number of carbonyl (C=O) groups excluding carboxylic acids is 1. The van der Waals surface area contributed by atoms with E-state index in [9.17, 15) is 4.79 Å². The van der Waals surface area contributed by atoms with Crippen molar-refractivity contribution in [3.8, 4) is 5.75 Å². The molecular formula is C14H20BrNO2. The van der Waals surface area contributed by atoms with Gasteiger partial charge in [0.2, 0.25) is 0 Å². The summed E-state index contributed by atoms with van der Waals surface area (Å²) in [5, 5.41) is 0. The molecule has 0 aliphatic heterocycles. The molecule has 100 valence electrons. The Bertz CT molecular complexity index is 405. The predicted molar refractivity (Wildman–Crippen MR) is 77.0 cm³/mol. The monoisotopic (exact) mass is 313 g/mol. The van der Waals surface area contributed by atoms with Crippen LogP contribution in [0.5, 0.6) is 5.75 Å². The number of halogens is 1. The standard InChI is InChI=1S/C14H20BrNO2/c1-5-16(6-2)13(17)9-18-12-7-10(3)14(15)11(4)8-12/h7-8H,5-6,9H2,1-4H3. The molecular weight excluding hydrogens is 294 g/mol. The molecule has 0 bridgehead atoms. The molecule has 1 aromatic rings. The van der Waals surface area contributed by atoms with Gasteiger partial charge < -0.3 is 9.64 Å². The highest BCUT2D eigenvalue weighted by molar-refractivity contribution is 9.10. The van der Waals surface area contributed by atoms with Crippen LogP contribution in [0.25, 0.3) is 0 Å². The number of aryl methyl sites for hydroxylation is 2. The Kier molecular flexibility index (Phi) is 5.66.